The van der Waals surface area contributed by atoms with Gasteiger partial charge in [-0.05, 0) is 30.3 Å². The molecule has 0 atom stereocenters. The van der Waals surface area contributed by atoms with Crippen LogP contribution in [0, 0.1) is 11.3 Å². The smallest absolute Gasteiger partial charge is 0.273 e. The molecular formula is C12H7ClN2O2. The summed E-state index contributed by atoms with van der Waals surface area (Å²) in [5.41, 5.74) is -0.237. The van der Waals surface area contributed by atoms with Crippen molar-refractivity contribution in [1.29, 1.82) is 5.26 Å². The summed E-state index contributed by atoms with van der Waals surface area (Å²) < 4.78 is 1.18. The van der Waals surface area contributed by atoms with Gasteiger partial charge in [0.25, 0.3) is 5.56 Å². The topological polar surface area (TPSA) is 66.0 Å². The van der Waals surface area contributed by atoms with Crippen molar-refractivity contribution in [2.24, 2.45) is 0 Å². The summed E-state index contributed by atoms with van der Waals surface area (Å²) in [6, 6.07) is 9.13. The van der Waals surface area contributed by atoms with Gasteiger partial charge in [-0.25, -0.2) is 0 Å². The van der Waals surface area contributed by atoms with Crippen molar-refractivity contribution in [2.45, 2.75) is 0 Å². The minimum absolute atomic E-state index is 0.00637. The zero-order chi connectivity index (χ0) is 12.4. The Hall–Kier alpha value is -2.25. The first-order valence-corrected chi connectivity index (χ1v) is 5.12. The maximum atomic E-state index is 11.9. The molecule has 17 heavy (non-hydrogen) atoms. The highest BCUT2D eigenvalue weighted by atomic mass is 35.5. The molecule has 0 bridgehead atoms. The SMILES string of the molecule is N#Cc1cccn(-c2cc(Cl)ccc2O)c1=O. The molecule has 2 rings (SSSR count). The number of benzene rings is 1. The number of nitriles is 1. The molecule has 4 nitrogen and oxygen atoms in total. The van der Waals surface area contributed by atoms with E-state index in [1.54, 1.807) is 12.1 Å². The maximum Gasteiger partial charge on any atom is 0.273 e. The average molecular weight is 247 g/mol. The molecule has 0 fully saturated rings. The van der Waals surface area contributed by atoms with Gasteiger partial charge in [0.05, 0.1) is 5.69 Å². The number of pyridine rings is 1. The first-order valence-electron chi connectivity index (χ1n) is 4.74. The second kappa shape index (κ2) is 4.32. The highest BCUT2D eigenvalue weighted by Gasteiger charge is 2.08. The summed E-state index contributed by atoms with van der Waals surface area (Å²) in [7, 11) is 0. The van der Waals surface area contributed by atoms with Crippen molar-refractivity contribution >= 4 is 11.6 Å². The average Bonchev–Trinajstić information content (AvgIpc) is 2.33. The van der Waals surface area contributed by atoms with Crippen molar-refractivity contribution < 1.29 is 5.11 Å². The third kappa shape index (κ3) is 2.01. The van der Waals surface area contributed by atoms with E-state index in [2.05, 4.69) is 0 Å². The van der Waals surface area contributed by atoms with Crippen molar-refractivity contribution in [3.63, 3.8) is 0 Å². The molecule has 2 aromatic rings. The Kier molecular flexibility index (Phi) is 2.86. The molecule has 1 N–H and O–H groups in total. The van der Waals surface area contributed by atoms with E-state index in [0.717, 1.165) is 0 Å². The van der Waals surface area contributed by atoms with Crippen LogP contribution in [-0.4, -0.2) is 9.67 Å². The third-order valence-corrected chi connectivity index (χ3v) is 2.50. The fraction of sp³-hybridized carbons (Fsp3) is 0. The van der Waals surface area contributed by atoms with Gasteiger partial charge in [0.15, 0.2) is 0 Å². The Labute approximate surface area is 102 Å². The lowest BCUT2D eigenvalue weighted by Gasteiger charge is -2.08. The molecule has 0 saturated heterocycles. The Balaban J connectivity index is 2.74. The van der Waals surface area contributed by atoms with Crippen molar-refractivity contribution in [1.82, 2.24) is 4.57 Å². The van der Waals surface area contributed by atoms with Crippen LogP contribution < -0.4 is 5.56 Å². The van der Waals surface area contributed by atoms with Crippen LogP contribution in [0.15, 0.2) is 41.3 Å². The van der Waals surface area contributed by atoms with Crippen LogP contribution in [0.25, 0.3) is 5.69 Å². The first kappa shape index (κ1) is 11.2. The highest BCUT2D eigenvalue weighted by Crippen LogP contribution is 2.24. The predicted octanol–water partition coefficient (Wildman–Crippen LogP) is 2.07. The molecule has 0 aliphatic carbocycles. The molecule has 0 saturated carbocycles. The van der Waals surface area contributed by atoms with E-state index in [4.69, 9.17) is 16.9 Å². The number of phenolic OH excluding ortho intramolecular Hbond substituents is 1. The summed E-state index contributed by atoms with van der Waals surface area (Å²) in [5.74, 6) is -0.0772. The summed E-state index contributed by atoms with van der Waals surface area (Å²) >= 11 is 5.80. The highest BCUT2D eigenvalue weighted by molar-refractivity contribution is 6.30. The molecule has 0 spiro atoms. The lowest BCUT2D eigenvalue weighted by molar-refractivity contribution is 0.472. The molecule has 0 aliphatic heterocycles. The summed E-state index contributed by atoms with van der Waals surface area (Å²) in [4.78, 5) is 11.9. The standard InChI is InChI=1S/C12H7ClN2O2/c13-9-3-4-11(16)10(6-9)15-5-1-2-8(7-14)12(15)17/h1-6,16H. The fourth-order valence-electron chi connectivity index (χ4n) is 1.46. The van der Waals surface area contributed by atoms with E-state index in [1.807, 2.05) is 0 Å². The van der Waals surface area contributed by atoms with Gasteiger partial charge in [-0.3, -0.25) is 9.36 Å². The molecule has 1 aromatic heterocycles. The second-order valence-electron chi connectivity index (χ2n) is 3.34. The number of hydrogen-bond acceptors (Lipinski definition) is 3. The summed E-state index contributed by atoms with van der Waals surface area (Å²) in [6.07, 6.45) is 1.47. The number of aromatic nitrogens is 1. The molecule has 0 aliphatic rings. The zero-order valence-corrected chi connectivity index (χ0v) is 9.35. The van der Waals surface area contributed by atoms with Gasteiger partial charge < -0.3 is 5.11 Å². The van der Waals surface area contributed by atoms with Gasteiger partial charge in [0, 0.05) is 11.2 Å². The fourth-order valence-corrected chi connectivity index (χ4v) is 1.62. The lowest BCUT2D eigenvalue weighted by Crippen LogP contribution is -2.19. The third-order valence-electron chi connectivity index (χ3n) is 2.26. The molecule has 1 aromatic carbocycles. The Bertz CT molecular complexity index is 671. The quantitative estimate of drug-likeness (QED) is 0.838. The normalized spacial score (nSPS) is 9.88. The van der Waals surface area contributed by atoms with Crippen LogP contribution >= 0.6 is 11.6 Å². The van der Waals surface area contributed by atoms with Gasteiger partial charge in [-0.2, -0.15) is 5.26 Å². The number of halogens is 1. The minimum atomic E-state index is -0.493. The predicted molar refractivity (Wildman–Crippen MR) is 63.4 cm³/mol. The van der Waals surface area contributed by atoms with E-state index in [1.165, 1.54) is 35.0 Å². The first-order chi connectivity index (χ1) is 8.13. The number of hydrogen-bond donors (Lipinski definition) is 1. The van der Waals surface area contributed by atoms with Gasteiger partial charge >= 0.3 is 0 Å². The van der Waals surface area contributed by atoms with Gasteiger partial charge in [-0.1, -0.05) is 11.6 Å². The van der Waals surface area contributed by atoms with Crippen LogP contribution in [0.3, 0.4) is 0 Å². The van der Waals surface area contributed by atoms with Crippen molar-refractivity contribution in [3.05, 3.63) is 57.5 Å². The van der Waals surface area contributed by atoms with Gasteiger partial charge in [0.1, 0.15) is 17.4 Å². The minimum Gasteiger partial charge on any atom is -0.506 e. The molecule has 5 heteroatoms. The Morgan fingerprint density at radius 2 is 2.12 bits per heavy atom. The van der Waals surface area contributed by atoms with E-state index >= 15 is 0 Å². The van der Waals surface area contributed by atoms with Crippen LogP contribution in [0.4, 0.5) is 0 Å². The Morgan fingerprint density at radius 1 is 1.35 bits per heavy atom. The lowest BCUT2D eigenvalue weighted by atomic mass is 10.2. The van der Waals surface area contributed by atoms with E-state index in [0.29, 0.717) is 5.02 Å². The number of nitrogens with zero attached hydrogens (tertiary/aromatic N) is 2. The molecule has 1 heterocycles. The molecule has 0 amide bonds. The van der Waals surface area contributed by atoms with E-state index in [-0.39, 0.29) is 17.0 Å². The molecule has 84 valence electrons. The molecular weight excluding hydrogens is 240 g/mol. The molecule has 0 unspecified atom stereocenters. The monoisotopic (exact) mass is 246 g/mol. The van der Waals surface area contributed by atoms with E-state index in [9.17, 15) is 9.90 Å². The van der Waals surface area contributed by atoms with Crippen molar-refractivity contribution in [3.8, 4) is 17.5 Å². The van der Waals surface area contributed by atoms with Gasteiger partial charge in [0.2, 0.25) is 0 Å². The Morgan fingerprint density at radius 3 is 2.82 bits per heavy atom. The van der Waals surface area contributed by atoms with Crippen molar-refractivity contribution in [2.75, 3.05) is 0 Å². The largest absolute Gasteiger partial charge is 0.506 e. The molecule has 0 radical (unpaired) electrons. The number of phenols is 1. The summed E-state index contributed by atoms with van der Waals surface area (Å²) in [6.45, 7) is 0. The summed E-state index contributed by atoms with van der Waals surface area (Å²) in [5, 5.41) is 18.8. The van der Waals surface area contributed by atoms with Crippen LogP contribution in [0.1, 0.15) is 5.56 Å². The zero-order valence-electron chi connectivity index (χ0n) is 8.59. The number of rotatable bonds is 1. The maximum absolute atomic E-state index is 11.9. The second-order valence-corrected chi connectivity index (χ2v) is 3.78. The number of aromatic hydroxyl groups is 1. The van der Waals surface area contributed by atoms with E-state index < -0.39 is 5.56 Å². The van der Waals surface area contributed by atoms with Crippen LogP contribution in [0.2, 0.25) is 5.02 Å². The van der Waals surface area contributed by atoms with Crippen LogP contribution in [0.5, 0.6) is 5.75 Å². The van der Waals surface area contributed by atoms with Gasteiger partial charge in [-0.15, -0.1) is 0 Å². The van der Waals surface area contributed by atoms with Crippen LogP contribution in [-0.2, 0) is 0 Å².